The quantitative estimate of drug-likeness (QED) is 0.563. The van der Waals surface area contributed by atoms with Gasteiger partial charge in [-0.15, -0.1) is 0 Å². The van der Waals surface area contributed by atoms with Gasteiger partial charge in [-0.3, -0.25) is 5.21 Å². The van der Waals surface area contributed by atoms with Crippen molar-refractivity contribution >= 4 is 23.4 Å². The maximum atomic E-state index is 11.8. The minimum atomic E-state index is -0.844. The molecule has 3 rings (SSSR count). The van der Waals surface area contributed by atoms with Gasteiger partial charge in [0.05, 0.1) is 17.8 Å². The van der Waals surface area contributed by atoms with E-state index >= 15 is 0 Å². The molecular formula is C20H22ClNO4. The number of aryl methyl sites for hydroxylation is 2. The Labute approximate surface area is 158 Å². The first-order chi connectivity index (χ1) is 12.4. The maximum Gasteiger partial charge on any atom is 0.438 e. The van der Waals surface area contributed by atoms with Gasteiger partial charge in [0.1, 0.15) is 12.4 Å². The zero-order valence-corrected chi connectivity index (χ0v) is 15.8. The molecular weight excluding hydrogens is 354 g/mol. The SMILES string of the molecule is COC(=O)N(O)c1cccc(C2CC2)c1COc1cc(C)c(C)cc1Cl. The van der Waals surface area contributed by atoms with Crippen LogP contribution in [0, 0.1) is 13.8 Å². The summed E-state index contributed by atoms with van der Waals surface area (Å²) in [5, 5.41) is 11.3. The Kier molecular flexibility index (Phi) is 5.39. The molecule has 2 aromatic rings. The number of nitrogens with zero attached hydrogens (tertiary/aromatic N) is 1. The van der Waals surface area contributed by atoms with Gasteiger partial charge in [0.2, 0.25) is 0 Å². The van der Waals surface area contributed by atoms with Gasteiger partial charge in [-0.2, -0.15) is 5.06 Å². The topological polar surface area (TPSA) is 59.0 Å². The van der Waals surface area contributed by atoms with E-state index in [1.54, 1.807) is 6.07 Å². The molecule has 1 aliphatic carbocycles. The highest BCUT2D eigenvalue weighted by atomic mass is 35.5. The molecule has 0 aliphatic heterocycles. The van der Waals surface area contributed by atoms with Crippen molar-refractivity contribution in [1.29, 1.82) is 0 Å². The van der Waals surface area contributed by atoms with Gasteiger partial charge in [0, 0.05) is 5.56 Å². The van der Waals surface area contributed by atoms with Crippen molar-refractivity contribution in [3.05, 3.63) is 57.6 Å². The van der Waals surface area contributed by atoms with E-state index < -0.39 is 6.09 Å². The average Bonchev–Trinajstić information content (AvgIpc) is 3.47. The molecule has 6 heteroatoms. The van der Waals surface area contributed by atoms with Gasteiger partial charge in [0.15, 0.2) is 0 Å². The first-order valence-electron chi connectivity index (χ1n) is 8.50. The molecule has 0 spiro atoms. The van der Waals surface area contributed by atoms with Crippen LogP contribution < -0.4 is 9.80 Å². The molecule has 0 saturated heterocycles. The molecule has 1 fully saturated rings. The molecule has 26 heavy (non-hydrogen) atoms. The molecule has 1 aliphatic rings. The second-order valence-corrected chi connectivity index (χ2v) is 6.96. The van der Waals surface area contributed by atoms with E-state index in [0.29, 0.717) is 27.4 Å². The van der Waals surface area contributed by atoms with E-state index in [9.17, 15) is 10.0 Å². The third-order valence-corrected chi connectivity index (χ3v) is 5.00. The Hall–Kier alpha value is -2.24. The molecule has 1 amide bonds. The van der Waals surface area contributed by atoms with Crippen LogP contribution in [0.15, 0.2) is 30.3 Å². The van der Waals surface area contributed by atoms with Crippen molar-refractivity contribution in [2.75, 3.05) is 12.2 Å². The molecule has 138 valence electrons. The number of rotatable bonds is 5. The number of hydrogen-bond acceptors (Lipinski definition) is 4. The van der Waals surface area contributed by atoms with Crippen LogP contribution in [0.3, 0.4) is 0 Å². The number of benzene rings is 2. The number of carbonyl (C=O) groups excluding carboxylic acids is 1. The molecule has 1 saturated carbocycles. The molecule has 0 aromatic heterocycles. The zero-order chi connectivity index (χ0) is 18.8. The number of carbonyl (C=O) groups is 1. The van der Waals surface area contributed by atoms with E-state index in [2.05, 4.69) is 4.74 Å². The summed E-state index contributed by atoms with van der Waals surface area (Å²) in [5.41, 5.74) is 4.37. The molecule has 5 nitrogen and oxygen atoms in total. The fraction of sp³-hybridized carbons (Fsp3) is 0.350. The number of ether oxygens (including phenoxy) is 2. The highest BCUT2D eigenvalue weighted by molar-refractivity contribution is 6.32. The van der Waals surface area contributed by atoms with E-state index in [1.807, 2.05) is 38.1 Å². The smallest absolute Gasteiger partial charge is 0.438 e. The predicted octanol–water partition coefficient (Wildman–Crippen LogP) is 5.38. The Bertz CT molecular complexity index is 833. The maximum absolute atomic E-state index is 11.8. The molecule has 0 unspecified atom stereocenters. The number of hydrogen-bond donors (Lipinski definition) is 1. The summed E-state index contributed by atoms with van der Waals surface area (Å²) in [7, 11) is 1.22. The van der Waals surface area contributed by atoms with E-state index in [0.717, 1.165) is 35.1 Å². The normalized spacial score (nSPS) is 13.4. The Balaban J connectivity index is 1.93. The zero-order valence-electron chi connectivity index (χ0n) is 15.1. The minimum Gasteiger partial charge on any atom is -0.487 e. The lowest BCUT2D eigenvalue weighted by molar-refractivity contribution is 0.140. The van der Waals surface area contributed by atoms with Gasteiger partial charge in [0.25, 0.3) is 0 Å². The second-order valence-electron chi connectivity index (χ2n) is 6.56. The van der Waals surface area contributed by atoms with Crippen LogP contribution in [0.5, 0.6) is 5.75 Å². The number of hydroxylamine groups is 1. The van der Waals surface area contributed by atoms with Gasteiger partial charge < -0.3 is 9.47 Å². The van der Waals surface area contributed by atoms with Crippen molar-refractivity contribution in [1.82, 2.24) is 0 Å². The van der Waals surface area contributed by atoms with E-state index in [1.165, 1.54) is 7.11 Å². The highest BCUT2D eigenvalue weighted by Crippen LogP contribution is 2.44. The van der Waals surface area contributed by atoms with Gasteiger partial charge in [-0.05, 0) is 67.5 Å². The fourth-order valence-corrected chi connectivity index (χ4v) is 3.20. The van der Waals surface area contributed by atoms with Crippen molar-refractivity contribution in [2.24, 2.45) is 0 Å². The van der Waals surface area contributed by atoms with Gasteiger partial charge in [-0.25, -0.2) is 4.79 Å². The predicted molar refractivity (Wildman–Crippen MR) is 100 cm³/mol. The lowest BCUT2D eigenvalue weighted by Gasteiger charge is -2.20. The molecule has 0 bridgehead atoms. The molecule has 1 N–H and O–H groups in total. The van der Waals surface area contributed by atoms with Gasteiger partial charge >= 0.3 is 6.09 Å². The van der Waals surface area contributed by atoms with Crippen LogP contribution in [0.4, 0.5) is 10.5 Å². The number of halogens is 1. The fourth-order valence-electron chi connectivity index (χ4n) is 2.92. The van der Waals surface area contributed by atoms with Crippen LogP contribution in [-0.2, 0) is 11.3 Å². The minimum absolute atomic E-state index is 0.193. The first-order valence-corrected chi connectivity index (χ1v) is 8.88. The summed E-state index contributed by atoms with van der Waals surface area (Å²) in [6.07, 6.45) is 1.33. The first kappa shape index (κ1) is 18.5. The largest absolute Gasteiger partial charge is 0.487 e. The second kappa shape index (κ2) is 7.56. The van der Waals surface area contributed by atoms with Crippen molar-refractivity contribution in [3.8, 4) is 5.75 Å². The summed E-state index contributed by atoms with van der Waals surface area (Å²) < 4.78 is 10.6. The lowest BCUT2D eigenvalue weighted by atomic mass is 10.0. The van der Waals surface area contributed by atoms with Crippen LogP contribution in [0.25, 0.3) is 0 Å². The van der Waals surface area contributed by atoms with Crippen molar-refractivity contribution in [2.45, 2.75) is 39.2 Å². The lowest BCUT2D eigenvalue weighted by Crippen LogP contribution is -2.28. The summed E-state index contributed by atoms with van der Waals surface area (Å²) in [6, 6.07) is 9.26. The monoisotopic (exact) mass is 375 g/mol. The van der Waals surface area contributed by atoms with E-state index in [-0.39, 0.29) is 6.61 Å². The summed E-state index contributed by atoms with van der Waals surface area (Å²) >= 11 is 6.30. The third kappa shape index (κ3) is 3.79. The number of anilines is 1. The van der Waals surface area contributed by atoms with Crippen LogP contribution in [0.1, 0.15) is 41.0 Å². The summed E-state index contributed by atoms with van der Waals surface area (Å²) in [6.45, 7) is 4.18. The highest BCUT2D eigenvalue weighted by Gasteiger charge is 2.29. The van der Waals surface area contributed by atoms with E-state index in [4.69, 9.17) is 16.3 Å². The molecule has 2 aromatic carbocycles. The number of amides is 1. The Morgan fingerprint density at radius 3 is 2.62 bits per heavy atom. The summed E-state index contributed by atoms with van der Waals surface area (Å²) in [4.78, 5) is 11.8. The third-order valence-electron chi connectivity index (χ3n) is 4.70. The molecule has 0 atom stereocenters. The average molecular weight is 376 g/mol. The van der Waals surface area contributed by atoms with Crippen LogP contribution in [-0.4, -0.2) is 18.4 Å². The number of methoxy groups -OCH3 is 1. The Morgan fingerprint density at radius 2 is 1.96 bits per heavy atom. The molecule has 0 heterocycles. The van der Waals surface area contributed by atoms with Crippen molar-refractivity contribution < 1.29 is 19.5 Å². The van der Waals surface area contributed by atoms with Gasteiger partial charge in [-0.1, -0.05) is 23.7 Å². The Morgan fingerprint density at radius 1 is 1.27 bits per heavy atom. The van der Waals surface area contributed by atoms with Crippen LogP contribution >= 0.6 is 11.6 Å². The standard InChI is InChI=1S/C20H22ClNO4/c1-12-9-17(21)19(10-13(12)2)26-11-16-15(14-7-8-14)5-4-6-18(16)22(24)20(23)25-3/h4-6,9-10,14,24H,7-8,11H2,1-3H3. The van der Waals surface area contributed by atoms with Crippen LogP contribution in [0.2, 0.25) is 5.02 Å². The summed E-state index contributed by atoms with van der Waals surface area (Å²) in [5.74, 6) is 1.00. The molecule has 0 radical (unpaired) electrons. The van der Waals surface area contributed by atoms with Crippen molar-refractivity contribution in [3.63, 3.8) is 0 Å².